The van der Waals surface area contributed by atoms with Gasteiger partial charge in [-0.05, 0) is 32.0 Å². The predicted molar refractivity (Wildman–Crippen MR) is 74.8 cm³/mol. The highest BCUT2D eigenvalue weighted by atomic mass is 79.9. The smallest absolute Gasteiger partial charge is 0.426 e. The molecule has 0 saturated heterocycles. The number of carbonyl (C=O) groups excluding carboxylic acids is 1. The van der Waals surface area contributed by atoms with E-state index in [1.165, 1.54) is 0 Å². The van der Waals surface area contributed by atoms with Crippen molar-refractivity contribution in [3.05, 3.63) is 38.9 Å². The van der Waals surface area contributed by atoms with Crippen LogP contribution in [0, 0.1) is 6.92 Å². The molecular weight excluding hydrogens is 314 g/mol. The highest BCUT2D eigenvalue weighted by Crippen LogP contribution is 2.15. The number of halogens is 1. The molecule has 0 radical (unpaired) electrons. The number of aryl methyl sites for hydroxylation is 1. The van der Waals surface area contributed by atoms with Gasteiger partial charge < -0.3 is 4.74 Å². The molecule has 1 aromatic heterocycles. The van der Waals surface area contributed by atoms with Crippen LogP contribution in [-0.2, 0) is 4.74 Å². The Morgan fingerprint density at radius 1 is 1.53 bits per heavy atom. The number of ether oxygens (including phenoxy) is 1. The first-order valence-corrected chi connectivity index (χ1v) is 6.45. The molecule has 6 nitrogen and oxygen atoms in total. The fraction of sp³-hybridized carbons (Fsp3) is 0.250. The number of carbonyl (C=O) groups is 1. The van der Waals surface area contributed by atoms with Gasteiger partial charge in [-0.3, -0.25) is 4.79 Å². The lowest BCUT2D eigenvalue weighted by Crippen LogP contribution is -2.35. The normalized spacial score (nSPS) is 10.5. The van der Waals surface area contributed by atoms with Gasteiger partial charge in [-0.25, -0.2) is 15.2 Å². The van der Waals surface area contributed by atoms with Crippen molar-refractivity contribution in [1.82, 2.24) is 9.66 Å². The molecule has 2 rings (SSSR count). The van der Waals surface area contributed by atoms with Crippen LogP contribution >= 0.6 is 15.9 Å². The summed E-state index contributed by atoms with van der Waals surface area (Å²) in [6.45, 7) is 3.55. The van der Waals surface area contributed by atoms with Crippen LogP contribution in [0.3, 0.4) is 0 Å². The SMILES string of the molecule is CCOC(=O)Nn1c(C)nc2ccc(Br)cc2c1=O. The lowest BCUT2D eigenvalue weighted by molar-refractivity contribution is 0.164. The Balaban J connectivity index is 2.55. The van der Waals surface area contributed by atoms with Gasteiger partial charge in [0.25, 0.3) is 5.56 Å². The highest BCUT2D eigenvalue weighted by Gasteiger charge is 2.11. The van der Waals surface area contributed by atoms with Gasteiger partial charge >= 0.3 is 6.09 Å². The maximum absolute atomic E-state index is 12.3. The Morgan fingerprint density at radius 3 is 2.95 bits per heavy atom. The monoisotopic (exact) mass is 325 g/mol. The van der Waals surface area contributed by atoms with Crippen molar-refractivity contribution >= 4 is 32.9 Å². The van der Waals surface area contributed by atoms with Crippen LogP contribution in [0.2, 0.25) is 0 Å². The zero-order valence-corrected chi connectivity index (χ0v) is 12.0. The van der Waals surface area contributed by atoms with Crippen LogP contribution in [0.25, 0.3) is 10.9 Å². The maximum atomic E-state index is 12.3. The van der Waals surface area contributed by atoms with Gasteiger partial charge in [-0.2, -0.15) is 4.68 Å². The van der Waals surface area contributed by atoms with Gasteiger partial charge in [-0.15, -0.1) is 0 Å². The highest BCUT2D eigenvalue weighted by molar-refractivity contribution is 9.10. The van der Waals surface area contributed by atoms with Crippen molar-refractivity contribution in [2.24, 2.45) is 0 Å². The molecule has 1 N–H and O–H groups in total. The van der Waals surface area contributed by atoms with E-state index in [1.807, 2.05) is 0 Å². The lowest BCUT2D eigenvalue weighted by atomic mass is 10.2. The van der Waals surface area contributed by atoms with Crippen LogP contribution in [0.5, 0.6) is 0 Å². The summed E-state index contributed by atoms with van der Waals surface area (Å²) in [5.74, 6) is 0.382. The summed E-state index contributed by atoms with van der Waals surface area (Å²) < 4.78 is 6.59. The standard InChI is InChI=1S/C12H12BrN3O3/c1-3-19-12(18)15-16-7(2)14-10-5-4-8(13)6-9(10)11(16)17/h4-6H,3H2,1-2H3,(H,15,18). The van der Waals surface area contributed by atoms with Crippen LogP contribution in [0.15, 0.2) is 27.5 Å². The second-order valence-corrected chi connectivity index (χ2v) is 4.71. The van der Waals surface area contributed by atoms with Gasteiger partial charge in [0.2, 0.25) is 0 Å². The van der Waals surface area contributed by atoms with E-state index in [1.54, 1.807) is 32.0 Å². The van der Waals surface area contributed by atoms with Crippen LogP contribution < -0.4 is 11.0 Å². The average Bonchev–Trinajstić information content (AvgIpc) is 2.36. The molecule has 0 unspecified atom stereocenters. The molecule has 0 aliphatic rings. The quantitative estimate of drug-likeness (QED) is 0.918. The molecule has 19 heavy (non-hydrogen) atoms. The van der Waals surface area contributed by atoms with Gasteiger partial charge in [0, 0.05) is 4.47 Å². The summed E-state index contributed by atoms with van der Waals surface area (Å²) in [4.78, 5) is 27.9. The molecule has 1 amide bonds. The van der Waals surface area contributed by atoms with E-state index < -0.39 is 6.09 Å². The van der Waals surface area contributed by atoms with Crippen molar-refractivity contribution in [1.29, 1.82) is 0 Å². The third-order valence-electron chi connectivity index (χ3n) is 2.48. The number of fused-ring (bicyclic) bond motifs is 1. The first-order chi connectivity index (χ1) is 9.02. The molecule has 0 bridgehead atoms. The Bertz CT molecular complexity index is 696. The second-order valence-electron chi connectivity index (χ2n) is 3.79. The fourth-order valence-electron chi connectivity index (χ4n) is 1.66. The summed E-state index contributed by atoms with van der Waals surface area (Å²) >= 11 is 3.30. The molecule has 0 fully saturated rings. The van der Waals surface area contributed by atoms with E-state index >= 15 is 0 Å². The van der Waals surface area contributed by atoms with Crippen LogP contribution in [0.4, 0.5) is 4.79 Å². The van der Waals surface area contributed by atoms with E-state index in [0.29, 0.717) is 16.7 Å². The minimum absolute atomic E-state index is 0.228. The summed E-state index contributed by atoms with van der Waals surface area (Å²) in [5, 5.41) is 0.414. The lowest BCUT2D eigenvalue weighted by Gasteiger charge is -2.11. The summed E-state index contributed by atoms with van der Waals surface area (Å²) in [7, 11) is 0. The zero-order valence-electron chi connectivity index (χ0n) is 10.4. The van der Waals surface area contributed by atoms with Crippen LogP contribution in [0.1, 0.15) is 12.7 Å². The Labute approximate surface area is 117 Å². The maximum Gasteiger partial charge on any atom is 0.426 e. The molecule has 0 atom stereocenters. The molecule has 100 valence electrons. The van der Waals surface area contributed by atoms with E-state index in [2.05, 4.69) is 26.3 Å². The van der Waals surface area contributed by atoms with Gasteiger partial charge in [0.1, 0.15) is 5.82 Å². The van der Waals surface area contributed by atoms with Crippen molar-refractivity contribution < 1.29 is 9.53 Å². The Hall–Kier alpha value is -1.89. The van der Waals surface area contributed by atoms with Gasteiger partial charge in [-0.1, -0.05) is 15.9 Å². The minimum Gasteiger partial charge on any atom is -0.449 e. The first-order valence-electron chi connectivity index (χ1n) is 5.65. The number of benzene rings is 1. The number of nitrogens with one attached hydrogen (secondary N) is 1. The molecule has 0 spiro atoms. The van der Waals surface area contributed by atoms with Crippen LogP contribution in [-0.4, -0.2) is 22.4 Å². The fourth-order valence-corrected chi connectivity index (χ4v) is 2.02. The van der Waals surface area contributed by atoms with Gasteiger partial charge in [0.05, 0.1) is 17.5 Å². The minimum atomic E-state index is -0.691. The largest absolute Gasteiger partial charge is 0.449 e. The van der Waals surface area contributed by atoms with Crippen molar-refractivity contribution in [3.8, 4) is 0 Å². The van der Waals surface area contributed by atoms with E-state index in [9.17, 15) is 9.59 Å². The van der Waals surface area contributed by atoms with Crippen molar-refractivity contribution in [3.63, 3.8) is 0 Å². The number of hydrogen-bond acceptors (Lipinski definition) is 4. The summed E-state index contributed by atoms with van der Waals surface area (Å²) in [5.41, 5.74) is 2.58. The topological polar surface area (TPSA) is 73.2 Å². The third-order valence-corrected chi connectivity index (χ3v) is 2.97. The number of nitrogens with zero attached hydrogens (tertiary/aromatic N) is 2. The average molecular weight is 326 g/mol. The predicted octanol–water partition coefficient (Wildman–Crippen LogP) is 2.17. The number of aromatic nitrogens is 2. The molecular formula is C12H12BrN3O3. The van der Waals surface area contributed by atoms with E-state index in [4.69, 9.17) is 4.74 Å². The van der Waals surface area contributed by atoms with Crippen molar-refractivity contribution in [2.45, 2.75) is 13.8 Å². The third kappa shape index (κ3) is 2.76. The molecule has 0 saturated carbocycles. The Morgan fingerprint density at radius 2 is 2.26 bits per heavy atom. The number of hydrogen-bond donors (Lipinski definition) is 1. The molecule has 2 aromatic rings. The molecule has 0 aliphatic heterocycles. The summed E-state index contributed by atoms with van der Waals surface area (Å²) in [6.07, 6.45) is -0.691. The van der Waals surface area contributed by atoms with E-state index in [0.717, 1.165) is 9.15 Å². The molecule has 0 aliphatic carbocycles. The van der Waals surface area contributed by atoms with Crippen molar-refractivity contribution in [2.75, 3.05) is 12.0 Å². The number of amides is 1. The summed E-state index contributed by atoms with van der Waals surface area (Å²) in [6, 6.07) is 5.20. The Kier molecular flexibility index (Phi) is 3.84. The second kappa shape index (κ2) is 5.40. The molecule has 7 heteroatoms. The molecule has 1 aromatic carbocycles. The zero-order chi connectivity index (χ0) is 14.0. The number of rotatable bonds is 2. The first kappa shape index (κ1) is 13.5. The van der Waals surface area contributed by atoms with Gasteiger partial charge in [0.15, 0.2) is 0 Å². The van der Waals surface area contributed by atoms with E-state index in [-0.39, 0.29) is 12.2 Å². The molecule has 1 heterocycles.